The molecule has 0 aliphatic heterocycles. The second-order valence-corrected chi connectivity index (χ2v) is 3.66. The summed E-state index contributed by atoms with van der Waals surface area (Å²) in [6, 6.07) is 0.0284. The van der Waals surface area contributed by atoms with Gasteiger partial charge in [0.2, 0.25) is 0 Å². The van der Waals surface area contributed by atoms with Gasteiger partial charge in [0.05, 0.1) is 11.8 Å². The zero-order valence-corrected chi connectivity index (χ0v) is 8.05. The van der Waals surface area contributed by atoms with Gasteiger partial charge in [0.1, 0.15) is 0 Å². The summed E-state index contributed by atoms with van der Waals surface area (Å²) in [6.07, 6.45) is 7.83. The van der Waals surface area contributed by atoms with Crippen molar-refractivity contribution in [2.24, 2.45) is 18.7 Å². The van der Waals surface area contributed by atoms with Gasteiger partial charge in [-0.1, -0.05) is 12.2 Å². The van der Waals surface area contributed by atoms with Crippen molar-refractivity contribution in [2.75, 3.05) is 0 Å². The third-order valence-corrected chi connectivity index (χ3v) is 2.44. The lowest BCUT2D eigenvalue weighted by molar-refractivity contribution is 0.0943. The van der Waals surface area contributed by atoms with Gasteiger partial charge in [0.25, 0.3) is 0 Å². The molecule has 1 aromatic heterocycles. The highest BCUT2D eigenvalue weighted by atomic mass is 16.1. The number of carbonyl (C=O) groups excluding carboxylic acids is 1. The Morgan fingerprint density at radius 3 is 2.93 bits per heavy atom. The van der Waals surface area contributed by atoms with Crippen molar-refractivity contribution in [3.8, 4) is 0 Å². The number of aromatic nitrogens is 2. The third-order valence-electron chi connectivity index (χ3n) is 2.44. The number of allylic oxidation sites excluding steroid dienone is 1. The zero-order chi connectivity index (χ0) is 10.1. The Labute approximate surface area is 82.4 Å². The van der Waals surface area contributed by atoms with E-state index < -0.39 is 0 Å². The normalized spacial score (nSPS) is 25.6. The molecule has 0 radical (unpaired) electrons. The molecule has 1 aliphatic rings. The largest absolute Gasteiger partial charge is 0.324 e. The van der Waals surface area contributed by atoms with E-state index in [-0.39, 0.29) is 17.7 Å². The van der Waals surface area contributed by atoms with Crippen LogP contribution in [0.5, 0.6) is 0 Å². The molecule has 2 N–H and O–H groups in total. The standard InChI is InChI=1S/C10H13N3O/c1-13-6-8(5-12-13)10(14)7-2-3-9(11)4-7/h2-3,5-7,9H,4,11H2,1H3. The molecule has 14 heavy (non-hydrogen) atoms. The average molecular weight is 191 g/mol. The predicted molar refractivity (Wildman–Crippen MR) is 52.8 cm³/mol. The highest BCUT2D eigenvalue weighted by Crippen LogP contribution is 2.20. The molecule has 2 unspecified atom stereocenters. The molecule has 4 nitrogen and oxygen atoms in total. The second kappa shape index (κ2) is 3.38. The van der Waals surface area contributed by atoms with Crippen molar-refractivity contribution in [2.45, 2.75) is 12.5 Å². The summed E-state index contributed by atoms with van der Waals surface area (Å²) in [6.45, 7) is 0. The van der Waals surface area contributed by atoms with Gasteiger partial charge < -0.3 is 5.73 Å². The molecule has 74 valence electrons. The summed E-state index contributed by atoms with van der Waals surface area (Å²) in [5.74, 6) is 0.0523. The van der Waals surface area contributed by atoms with Gasteiger partial charge in [-0.15, -0.1) is 0 Å². The number of ketones is 1. The van der Waals surface area contributed by atoms with E-state index in [1.807, 2.05) is 12.2 Å². The summed E-state index contributed by atoms with van der Waals surface area (Å²) in [5.41, 5.74) is 6.35. The van der Waals surface area contributed by atoms with Crippen LogP contribution < -0.4 is 5.73 Å². The van der Waals surface area contributed by atoms with Crippen LogP contribution in [0.2, 0.25) is 0 Å². The topological polar surface area (TPSA) is 60.9 Å². The fraction of sp³-hybridized carbons (Fsp3) is 0.400. The molecule has 1 heterocycles. The van der Waals surface area contributed by atoms with E-state index in [4.69, 9.17) is 5.73 Å². The van der Waals surface area contributed by atoms with Gasteiger partial charge in [-0.3, -0.25) is 9.48 Å². The Hall–Kier alpha value is -1.42. The summed E-state index contributed by atoms with van der Waals surface area (Å²) >= 11 is 0. The SMILES string of the molecule is Cn1cc(C(=O)C2C=CC(N)C2)cn1. The van der Waals surface area contributed by atoms with Crippen molar-refractivity contribution >= 4 is 5.78 Å². The maximum absolute atomic E-state index is 11.8. The summed E-state index contributed by atoms with van der Waals surface area (Å²) in [5, 5.41) is 3.97. The molecular formula is C10H13N3O. The van der Waals surface area contributed by atoms with Crippen LogP contribution in [-0.2, 0) is 7.05 Å². The monoisotopic (exact) mass is 191 g/mol. The lowest BCUT2D eigenvalue weighted by atomic mass is 9.99. The van der Waals surface area contributed by atoms with Crippen LogP contribution in [0.1, 0.15) is 16.8 Å². The van der Waals surface area contributed by atoms with Crippen molar-refractivity contribution in [3.05, 3.63) is 30.1 Å². The number of rotatable bonds is 2. The first-order chi connectivity index (χ1) is 6.66. The van der Waals surface area contributed by atoms with E-state index in [0.29, 0.717) is 12.0 Å². The zero-order valence-electron chi connectivity index (χ0n) is 8.05. The Bertz CT molecular complexity index is 380. The molecule has 0 amide bonds. The van der Waals surface area contributed by atoms with Crippen LogP contribution in [0, 0.1) is 5.92 Å². The molecule has 0 bridgehead atoms. The van der Waals surface area contributed by atoms with Crippen LogP contribution in [0.4, 0.5) is 0 Å². The van der Waals surface area contributed by atoms with Crippen molar-refractivity contribution in [1.29, 1.82) is 0 Å². The maximum Gasteiger partial charge on any atom is 0.172 e. The Kier molecular flexibility index (Phi) is 2.21. The van der Waals surface area contributed by atoms with Crippen LogP contribution in [-0.4, -0.2) is 21.6 Å². The fourth-order valence-corrected chi connectivity index (χ4v) is 1.68. The molecule has 0 aromatic carbocycles. The molecule has 0 saturated carbocycles. The Morgan fingerprint density at radius 2 is 2.43 bits per heavy atom. The minimum atomic E-state index is -0.0609. The van der Waals surface area contributed by atoms with E-state index in [2.05, 4.69) is 5.10 Å². The van der Waals surface area contributed by atoms with Crippen LogP contribution >= 0.6 is 0 Å². The van der Waals surface area contributed by atoms with Crippen molar-refractivity contribution < 1.29 is 4.79 Å². The smallest absolute Gasteiger partial charge is 0.172 e. The molecule has 1 aliphatic carbocycles. The highest BCUT2D eigenvalue weighted by Gasteiger charge is 2.24. The predicted octanol–water partition coefficient (Wildman–Crippen LogP) is 0.506. The summed E-state index contributed by atoms with van der Waals surface area (Å²) in [7, 11) is 1.80. The molecule has 1 aromatic rings. The van der Waals surface area contributed by atoms with E-state index >= 15 is 0 Å². The number of nitrogens with two attached hydrogens (primary N) is 1. The first-order valence-corrected chi connectivity index (χ1v) is 4.63. The van der Waals surface area contributed by atoms with Crippen molar-refractivity contribution in [3.63, 3.8) is 0 Å². The molecular weight excluding hydrogens is 178 g/mol. The Balaban J connectivity index is 2.13. The van der Waals surface area contributed by atoms with Gasteiger partial charge in [0, 0.05) is 25.2 Å². The maximum atomic E-state index is 11.8. The minimum Gasteiger partial charge on any atom is -0.324 e. The first-order valence-electron chi connectivity index (χ1n) is 4.63. The number of hydrogen-bond acceptors (Lipinski definition) is 3. The number of Topliss-reactive ketones (excluding diaryl/α,β-unsaturated/α-hetero) is 1. The second-order valence-electron chi connectivity index (χ2n) is 3.66. The number of nitrogens with zero attached hydrogens (tertiary/aromatic N) is 2. The van der Waals surface area contributed by atoms with Gasteiger partial charge in [-0.25, -0.2) is 0 Å². The minimum absolute atomic E-state index is 0.0284. The van der Waals surface area contributed by atoms with Gasteiger partial charge in [-0.05, 0) is 6.42 Å². The molecule has 2 rings (SSSR count). The van der Waals surface area contributed by atoms with Gasteiger partial charge >= 0.3 is 0 Å². The lowest BCUT2D eigenvalue weighted by Gasteiger charge is -2.05. The van der Waals surface area contributed by atoms with E-state index in [1.54, 1.807) is 24.1 Å². The molecule has 4 heteroatoms. The van der Waals surface area contributed by atoms with Crippen LogP contribution in [0.3, 0.4) is 0 Å². The van der Waals surface area contributed by atoms with Gasteiger partial charge in [0.15, 0.2) is 5.78 Å². The van der Waals surface area contributed by atoms with Crippen LogP contribution in [0.15, 0.2) is 24.5 Å². The molecule has 2 atom stereocenters. The number of carbonyl (C=O) groups is 1. The summed E-state index contributed by atoms with van der Waals surface area (Å²) in [4.78, 5) is 11.8. The average Bonchev–Trinajstić information content (AvgIpc) is 2.73. The Morgan fingerprint density at radius 1 is 1.64 bits per heavy atom. The van der Waals surface area contributed by atoms with E-state index in [0.717, 1.165) is 0 Å². The van der Waals surface area contributed by atoms with E-state index in [9.17, 15) is 4.79 Å². The summed E-state index contributed by atoms with van der Waals surface area (Å²) < 4.78 is 1.63. The fourth-order valence-electron chi connectivity index (χ4n) is 1.68. The van der Waals surface area contributed by atoms with Crippen LogP contribution in [0.25, 0.3) is 0 Å². The quantitative estimate of drug-likeness (QED) is 0.547. The molecule has 0 fully saturated rings. The van der Waals surface area contributed by atoms with E-state index in [1.165, 1.54) is 0 Å². The molecule has 0 saturated heterocycles. The third kappa shape index (κ3) is 1.61. The van der Waals surface area contributed by atoms with Gasteiger partial charge in [-0.2, -0.15) is 5.10 Å². The number of hydrogen-bond donors (Lipinski definition) is 1. The molecule has 0 spiro atoms. The first kappa shape index (κ1) is 9.15. The highest BCUT2D eigenvalue weighted by molar-refractivity contribution is 5.98. The number of aryl methyl sites for hydroxylation is 1. The van der Waals surface area contributed by atoms with Crippen molar-refractivity contribution in [1.82, 2.24) is 9.78 Å². The lowest BCUT2D eigenvalue weighted by Crippen LogP contribution is -2.18.